The van der Waals surface area contributed by atoms with Gasteiger partial charge in [0, 0.05) is 11.3 Å². The summed E-state index contributed by atoms with van der Waals surface area (Å²) < 4.78 is 0. The van der Waals surface area contributed by atoms with Crippen LogP contribution >= 0.6 is 0 Å². The normalized spacial score (nSPS) is 10.2. The summed E-state index contributed by atoms with van der Waals surface area (Å²) in [5.41, 5.74) is 7.86. The van der Waals surface area contributed by atoms with Crippen LogP contribution in [0.4, 0.5) is 17.3 Å². The Morgan fingerprint density at radius 2 is 1.94 bits per heavy atom. The Hall–Kier alpha value is -2.10. The van der Waals surface area contributed by atoms with Gasteiger partial charge in [-0.05, 0) is 18.6 Å². The Morgan fingerprint density at radius 3 is 2.65 bits per heavy atom. The van der Waals surface area contributed by atoms with E-state index in [1.165, 1.54) is 6.33 Å². The molecule has 4 nitrogen and oxygen atoms in total. The molecule has 0 radical (unpaired) electrons. The molecule has 0 aliphatic heterocycles. The fraction of sp³-hybridized carbons (Fsp3) is 0.231. The van der Waals surface area contributed by atoms with Crippen LogP contribution in [0.3, 0.4) is 0 Å². The standard InChI is InChI=1S/C13H16N4/c1-2-6-11-12(14)15-9-16-13(11)17-10-7-4-3-5-8-10/h3-5,7-9H,2,6H2,1H3,(H3,14,15,16,17). The molecule has 0 amide bonds. The summed E-state index contributed by atoms with van der Waals surface area (Å²) in [6.45, 7) is 2.11. The topological polar surface area (TPSA) is 63.8 Å². The maximum absolute atomic E-state index is 5.87. The zero-order valence-electron chi connectivity index (χ0n) is 9.85. The Kier molecular flexibility index (Phi) is 3.55. The third-order valence-corrected chi connectivity index (χ3v) is 2.52. The van der Waals surface area contributed by atoms with Crippen LogP contribution in [0.2, 0.25) is 0 Å². The molecule has 0 unspecified atom stereocenters. The van der Waals surface area contributed by atoms with E-state index < -0.39 is 0 Å². The molecule has 2 aromatic rings. The van der Waals surface area contributed by atoms with Crippen LogP contribution in [0.5, 0.6) is 0 Å². The average Bonchev–Trinajstić information content (AvgIpc) is 2.35. The number of nitrogens with zero attached hydrogens (tertiary/aromatic N) is 2. The lowest BCUT2D eigenvalue weighted by molar-refractivity contribution is 0.908. The van der Waals surface area contributed by atoms with Crippen molar-refractivity contribution in [3.63, 3.8) is 0 Å². The minimum Gasteiger partial charge on any atom is -0.383 e. The van der Waals surface area contributed by atoms with Crippen molar-refractivity contribution >= 4 is 17.3 Å². The summed E-state index contributed by atoms with van der Waals surface area (Å²) in [6, 6.07) is 9.92. The molecule has 88 valence electrons. The molecule has 0 spiro atoms. The first-order valence-electron chi connectivity index (χ1n) is 5.72. The molecule has 0 aliphatic carbocycles. The van der Waals surface area contributed by atoms with E-state index in [9.17, 15) is 0 Å². The van der Waals surface area contributed by atoms with Crippen molar-refractivity contribution < 1.29 is 0 Å². The van der Waals surface area contributed by atoms with Gasteiger partial charge in [0.1, 0.15) is 18.0 Å². The average molecular weight is 228 g/mol. The largest absolute Gasteiger partial charge is 0.383 e. The van der Waals surface area contributed by atoms with Crippen molar-refractivity contribution in [1.29, 1.82) is 0 Å². The van der Waals surface area contributed by atoms with Gasteiger partial charge in [-0.2, -0.15) is 0 Å². The molecule has 0 aliphatic rings. The first-order chi connectivity index (χ1) is 8.31. The molecule has 0 fully saturated rings. The second-order valence-corrected chi connectivity index (χ2v) is 3.83. The van der Waals surface area contributed by atoms with E-state index in [1.807, 2.05) is 30.3 Å². The van der Waals surface area contributed by atoms with E-state index >= 15 is 0 Å². The van der Waals surface area contributed by atoms with E-state index in [-0.39, 0.29) is 0 Å². The molecule has 1 aromatic heterocycles. The van der Waals surface area contributed by atoms with Crippen LogP contribution < -0.4 is 11.1 Å². The highest BCUT2D eigenvalue weighted by molar-refractivity contribution is 5.63. The SMILES string of the molecule is CCCc1c(N)ncnc1Nc1ccccc1. The lowest BCUT2D eigenvalue weighted by Gasteiger charge is -2.11. The van der Waals surface area contributed by atoms with Gasteiger partial charge < -0.3 is 11.1 Å². The minimum absolute atomic E-state index is 0.556. The van der Waals surface area contributed by atoms with Crippen LogP contribution in [0, 0.1) is 0 Å². The number of aromatic nitrogens is 2. The maximum atomic E-state index is 5.87. The third kappa shape index (κ3) is 2.72. The fourth-order valence-electron chi connectivity index (χ4n) is 1.69. The number of benzene rings is 1. The second kappa shape index (κ2) is 5.30. The number of nitrogens with two attached hydrogens (primary N) is 1. The van der Waals surface area contributed by atoms with E-state index in [4.69, 9.17) is 5.73 Å². The number of nitrogen functional groups attached to an aromatic ring is 1. The minimum atomic E-state index is 0.556. The highest BCUT2D eigenvalue weighted by Crippen LogP contribution is 2.22. The van der Waals surface area contributed by atoms with Gasteiger partial charge in [0.15, 0.2) is 0 Å². The molecule has 0 saturated carbocycles. The van der Waals surface area contributed by atoms with Crippen LogP contribution in [-0.4, -0.2) is 9.97 Å². The predicted octanol–water partition coefficient (Wildman–Crippen LogP) is 2.75. The molecule has 0 atom stereocenters. The fourth-order valence-corrected chi connectivity index (χ4v) is 1.69. The van der Waals surface area contributed by atoms with Crippen LogP contribution in [-0.2, 0) is 6.42 Å². The quantitative estimate of drug-likeness (QED) is 0.844. The Labute approximate surface area is 101 Å². The van der Waals surface area contributed by atoms with Gasteiger partial charge in [0.2, 0.25) is 0 Å². The number of rotatable bonds is 4. The van der Waals surface area contributed by atoms with Crippen molar-refractivity contribution in [1.82, 2.24) is 9.97 Å². The van der Waals surface area contributed by atoms with E-state index in [0.717, 1.165) is 29.9 Å². The van der Waals surface area contributed by atoms with Gasteiger partial charge in [-0.25, -0.2) is 9.97 Å². The van der Waals surface area contributed by atoms with Gasteiger partial charge in [-0.3, -0.25) is 0 Å². The highest BCUT2D eigenvalue weighted by atomic mass is 15.0. The molecular formula is C13H16N4. The molecule has 0 bridgehead atoms. The van der Waals surface area contributed by atoms with Crippen molar-refractivity contribution in [2.45, 2.75) is 19.8 Å². The lowest BCUT2D eigenvalue weighted by atomic mass is 10.1. The van der Waals surface area contributed by atoms with Crippen molar-refractivity contribution in [3.8, 4) is 0 Å². The molecule has 2 rings (SSSR count). The van der Waals surface area contributed by atoms with Crippen molar-refractivity contribution in [2.24, 2.45) is 0 Å². The summed E-state index contributed by atoms with van der Waals surface area (Å²) in [4.78, 5) is 8.28. The van der Waals surface area contributed by atoms with Gasteiger partial charge in [0.05, 0.1) is 0 Å². The molecule has 3 N–H and O–H groups in total. The molecule has 4 heteroatoms. The Morgan fingerprint density at radius 1 is 1.18 bits per heavy atom. The number of anilines is 3. The summed E-state index contributed by atoms with van der Waals surface area (Å²) >= 11 is 0. The van der Waals surface area contributed by atoms with Gasteiger partial charge in [0.25, 0.3) is 0 Å². The van der Waals surface area contributed by atoms with Gasteiger partial charge in [-0.1, -0.05) is 31.5 Å². The smallest absolute Gasteiger partial charge is 0.139 e. The van der Waals surface area contributed by atoms with Crippen LogP contribution in [0.25, 0.3) is 0 Å². The van der Waals surface area contributed by atoms with E-state index in [2.05, 4.69) is 22.2 Å². The number of hydrogen-bond donors (Lipinski definition) is 2. The number of hydrogen-bond acceptors (Lipinski definition) is 4. The first-order valence-corrected chi connectivity index (χ1v) is 5.72. The Bertz CT molecular complexity index is 482. The molecule has 0 saturated heterocycles. The third-order valence-electron chi connectivity index (χ3n) is 2.52. The molecule has 1 heterocycles. The molecule has 17 heavy (non-hydrogen) atoms. The summed E-state index contributed by atoms with van der Waals surface area (Å²) in [6.07, 6.45) is 3.38. The van der Waals surface area contributed by atoms with E-state index in [1.54, 1.807) is 0 Å². The maximum Gasteiger partial charge on any atom is 0.139 e. The van der Waals surface area contributed by atoms with Crippen LogP contribution in [0.15, 0.2) is 36.7 Å². The monoisotopic (exact) mass is 228 g/mol. The van der Waals surface area contributed by atoms with Crippen molar-refractivity contribution in [2.75, 3.05) is 11.1 Å². The summed E-state index contributed by atoms with van der Waals surface area (Å²) in [7, 11) is 0. The zero-order chi connectivity index (χ0) is 12.1. The van der Waals surface area contributed by atoms with Gasteiger partial charge >= 0.3 is 0 Å². The lowest BCUT2D eigenvalue weighted by Crippen LogP contribution is -2.05. The molecular weight excluding hydrogens is 212 g/mol. The first kappa shape index (κ1) is 11.4. The Balaban J connectivity index is 2.29. The zero-order valence-corrected chi connectivity index (χ0v) is 9.85. The predicted molar refractivity (Wildman–Crippen MR) is 70.2 cm³/mol. The number of nitrogens with one attached hydrogen (secondary N) is 1. The molecule has 1 aromatic carbocycles. The second-order valence-electron chi connectivity index (χ2n) is 3.83. The number of para-hydroxylation sites is 1. The highest BCUT2D eigenvalue weighted by Gasteiger charge is 2.08. The van der Waals surface area contributed by atoms with Crippen molar-refractivity contribution in [3.05, 3.63) is 42.2 Å². The van der Waals surface area contributed by atoms with E-state index in [0.29, 0.717) is 5.82 Å². The summed E-state index contributed by atoms with van der Waals surface area (Å²) in [5.74, 6) is 1.35. The van der Waals surface area contributed by atoms with Gasteiger partial charge in [-0.15, -0.1) is 0 Å². The van der Waals surface area contributed by atoms with Crippen LogP contribution in [0.1, 0.15) is 18.9 Å². The summed E-state index contributed by atoms with van der Waals surface area (Å²) in [5, 5.41) is 3.27.